The molecule has 0 aliphatic carbocycles. The van der Waals surface area contributed by atoms with Crippen LogP contribution >= 0.6 is 0 Å². The maximum absolute atomic E-state index is 14.0. The van der Waals surface area contributed by atoms with Crippen LogP contribution in [0.3, 0.4) is 0 Å². The second-order valence-electron chi connectivity index (χ2n) is 9.89. The van der Waals surface area contributed by atoms with Gasteiger partial charge in [-0.15, -0.1) is 6.58 Å². The number of carbonyl (C=O) groups is 3. The lowest BCUT2D eigenvalue weighted by molar-refractivity contribution is -0.159. The van der Waals surface area contributed by atoms with E-state index in [2.05, 4.69) is 20.1 Å². The van der Waals surface area contributed by atoms with E-state index in [1.165, 1.54) is 6.08 Å². The van der Waals surface area contributed by atoms with Crippen LogP contribution in [0.25, 0.3) is 0 Å². The molecule has 3 aliphatic heterocycles. The highest BCUT2D eigenvalue weighted by Gasteiger charge is 2.78. The van der Waals surface area contributed by atoms with Crippen molar-refractivity contribution in [3.8, 4) is 0 Å². The third-order valence-corrected chi connectivity index (χ3v) is 7.61. The highest BCUT2D eigenvalue weighted by Crippen LogP contribution is 2.63. The molecule has 1 spiro atoms. The van der Waals surface area contributed by atoms with E-state index in [-0.39, 0.29) is 25.0 Å². The second kappa shape index (κ2) is 11.0. The molecule has 8 nitrogen and oxygen atoms in total. The monoisotopic (exact) mass is 476 g/mol. The number of hydrogen-bond acceptors (Lipinski definition) is 6. The third-order valence-electron chi connectivity index (χ3n) is 7.61. The first-order valence-corrected chi connectivity index (χ1v) is 12.6. The van der Waals surface area contributed by atoms with Crippen molar-refractivity contribution in [3.05, 3.63) is 25.3 Å². The van der Waals surface area contributed by atoms with Crippen molar-refractivity contribution in [2.75, 3.05) is 32.8 Å². The molecule has 0 aromatic carbocycles. The molecule has 3 rings (SSSR count). The summed E-state index contributed by atoms with van der Waals surface area (Å²) in [6.45, 7) is 12.9. The topological polar surface area (TPSA) is 96.4 Å². The van der Waals surface area contributed by atoms with E-state index < -0.39 is 35.0 Å². The molecule has 5 atom stereocenters. The fourth-order valence-corrected chi connectivity index (χ4v) is 6.07. The van der Waals surface area contributed by atoms with Gasteiger partial charge >= 0.3 is 5.97 Å². The predicted octanol–water partition coefficient (Wildman–Crippen LogP) is 2.46. The number of hydrogen-bond donors (Lipinski definition) is 1. The lowest BCUT2D eigenvalue weighted by Crippen LogP contribution is -2.56. The number of amides is 2. The van der Waals surface area contributed by atoms with E-state index in [9.17, 15) is 14.4 Å². The van der Waals surface area contributed by atoms with Gasteiger partial charge in [0.05, 0.1) is 11.5 Å². The largest absolute Gasteiger partial charge is 0.461 e. The Balaban J connectivity index is 1.98. The zero-order valence-corrected chi connectivity index (χ0v) is 20.7. The Morgan fingerprint density at radius 2 is 2.00 bits per heavy atom. The van der Waals surface area contributed by atoms with Crippen LogP contribution in [-0.2, 0) is 23.9 Å². The molecule has 0 aromatic rings. The second-order valence-corrected chi connectivity index (χ2v) is 9.89. The summed E-state index contributed by atoms with van der Waals surface area (Å²) >= 11 is 0. The van der Waals surface area contributed by atoms with Crippen LogP contribution in [0.1, 0.15) is 58.8 Å². The Bertz CT molecular complexity index is 800. The zero-order chi connectivity index (χ0) is 24.9. The summed E-state index contributed by atoms with van der Waals surface area (Å²) in [4.78, 5) is 44.3. The fourth-order valence-electron chi connectivity index (χ4n) is 6.07. The van der Waals surface area contributed by atoms with Gasteiger partial charge < -0.3 is 24.4 Å². The van der Waals surface area contributed by atoms with E-state index in [0.717, 1.165) is 19.3 Å². The van der Waals surface area contributed by atoms with Crippen molar-refractivity contribution in [3.63, 3.8) is 0 Å². The Kier molecular flexibility index (Phi) is 8.57. The minimum atomic E-state index is -1.04. The Hall–Kier alpha value is -2.19. The van der Waals surface area contributed by atoms with Crippen molar-refractivity contribution >= 4 is 17.8 Å². The van der Waals surface area contributed by atoms with Gasteiger partial charge in [0.2, 0.25) is 11.8 Å². The first kappa shape index (κ1) is 26.4. The van der Waals surface area contributed by atoms with Gasteiger partial charge in [0.25, 0.3) is 0 Å². The molecule has 2 amide bonds. The lowest BCUT2D eigenvalue weighted by atomic mass is 9.66. The summed E-state index contributed by atoms with van der Waals surface area (Å²) in [7, 11) is 0. The molecule has 0 saturated carbocycles. The summed E-state index contributed by atoms with van der Waals surface area (Å²) in [6.07, 6.45) is 8.17. The fraction of sp³-hybridized carbons (Fsp3) is 0.731. The average Bonchev–Trinajstić information content (AvgIpc) is 3.38. The molecule has 3 saturated heterocycles. The predicted molar refractivity (Wildman–Crippen MR) is 128 cm³/mol. The first-order valence-electron chi connectivity index (χ1n) is 12.6. The minimum absolute atomic E-state index is 0.0662. The molecule has 3 fully saturated rings. The van der Waals surface area contributed by atoms with Crippen molar-refractivity contribution < 1.29 is 29.0 Å². The number of ether oxygens (including phenoxy) is 2. The maximum Gasteiger partial charge on any atom is 0.313 e. The van der Waals surface area contributed by atoms with Gasteiger partial charge in [-0.2, -0.15) is 0 Å². The summed E-state index contributed by atoms with van der Waals surface area (Å²) in [6, 6.07) is -0.782. The Labute approximate surface area is 202 Å². The summed E-state index contributed by atoms with van der Waals surface area (Å²) in [5.41, 5.74) is -1.88. The SMILES string of the molecule is C=CCOC(=O)[C@H]1[C@H]2C(=O)N(CCCCCO)C(C(=O)N(CC=C)CCCC)C23CC[C@]1(C)O3. The lowest BCUT2D eigenvalue weighted by Gasteiger charge is -2.37. The quantitative estimate of drug-likeness (QED) is 0.235. The van der Waals surface area contributed by atoms with Crippen molar-refractivity contribution in [2.24, 2.45) is 11.8 Å². The summed E-state index contributed by atoms with van der Waals surface area (Å²) in [5.74, 6) is -2.32. The van der Waals surface area contributed by atoms with Crippen molar-refractivity contribution in [2.45, 2.75) is 76.0 Å². The number of aliphatic hydroxyl groups is 1. The van der Waals surface area contributed by atoms with Crippen LogP contribution in [0.4, 0.5) is 0 Å². The van der Waals surface area contributed by atoms with Crippen LogP contribution in [0.5, 0.6) is 0 Å². The van der Waals surface area contributed by atoms with Crippen LogP contribution in [0.15, 0.2) is 25.3 Å². The van der Waals surface area contributed by atoms with Crippen LogP contribution in [0, 0.1) is 11.8 Å². The highest BCUT2D eigenvalue weighted by molar-refractivity contribution is 5.98. The minimum Gasteiger partial charge on any atom is -0.461 e. The van der Waals surface area contributed by atoms with Gasteiger partial charge in [0, 0.05) is 26.2 Å². The van der Waals surface area contributed by atoms with Crippen LogP contribution in [-0.4, -0.2) is 82.8 Å². The molecule has 0 aromatic heterocycles. The molecule has 2 bridgehead atoms. The molecular formula is C26H40N2O6. The molecule has 3 aliphatic rings. The van der Waals surface area contributed by atoms with Gasteiger partial charge in [0.15, 0.2) is 0 Å². The van der Waals surface area contributed by atoms with Crippen molar-refractivity contribution in [1.82, 2.24) is 9.80 Å². The number of carbonyl (C=O) groups excluding carboxylic acids is 3. The number of esters is 1. The van der Waals surface area contributed by atoms with E-state index in [1.807, 2.05) is 6.92 Å². The van der Waals surface area contributed by atoms with E-state index >= 15 is 0 Å². The molecule has 2 unspecified atom stereocenters. The van der Waals surface area contributed by atoms with Gasteiger partial charge in [-0.3, -0.25) is 14.4 Å². The highest BCUT2D eigenvalue weighted by atomic mass is 16.6. The molecular weight excluding hydrogens is 436 g/mol. The Morgan fingerprint density at radius 3 is 2.65 bits per heavy atom. The smallest absolute Gasteiger partial charge is 0.313 e. The molecule has 1 N–H and O–H groups in total. The number of likely N-dealkylation sites (tertiary alicyclic amines) is 1. The van der Waals surface area contributed by atoms with Crippen LogP contribution < -0.4 is 0 Å². The maximum atomic E-state index is 14.0. The van der Waals surface area contributed by atoms with Gasteiger partial charge in [-0.25, -0.2) is 0 Å². The number of nitrogens with zero attached hydrogens (tertiary/aromatic N) is 2. The van der Waals surface area contributed by atoms with E-state index in [1.54, 1.807) is 15.9 Å². The number of aliphatic hydroxyl groups excluding tert-OH is 1. The first-order chi connectivity index (χ1) is 16.3. The molecule has 3 heterocycles. The van der Waals surface area contributed by atoms with Gasteiger partial charge in [-0.05, 0) is 45.4 Å². The molecule has 8 heteroatoms. The summed E-state index contributed by atoms with van der Waals surface area (Å²) in [5, 5.41) is 9.15. The Morgan fingerprint density at radius 1 is 1.24 bits per heavy atom. The third kappa shape index (κ3) is 4.54. The molecule has 0 radical (unpaired) electrons. The number of fused-ring (bicyclic) bond motifs is 1. The number of unbranched alkanes of at least 4 members (excludes halogenated alkanes) is 3. The average molecular weight is 477 g/mol. The molecule has 190 valence electrons. The zero-order valence-electron chi connectivity index (χ0n) is 20.7. The normalized spacial score (nSPS) is 31.4. The van der Waals surface area contributed by atoms with Gasteiger partial charge in [-0.1, -0.05) is 32.1 Å². The van der Waals surface area contributed by atoms with Crippen LogP contribution in [0.2, 0.25) is 0 Å². The van der Waals surface area contributed by atoms with Crippen molar-refractivity contribution in [1.29, 1.82) is 0 Å². The molecule has 34 heavy (non-hydrogen) atoms. The van der Waals surface area contributed by atoms with E-state index in [0.29, 0.717) is 45.3 Å². The van der Waals surface area contributed by atoms with E-state index in [4.69, 9.17) is 14.6 Å². The van der Waals surface area contributed by atoms with Gasteiger partial charge in [0.1, 0.15) is 24.2 Å². The summed E-state index contributed by atoms with van der Waals surface area (Å²) < 4.78 is 12.0. The standard InChI is InChI=1S/C26H40N2O6/c1-5-8-15-27(14-6-2)23(31)21-26-13-12-25(4,34-26)20(24(32)33-18-7-3)19(26)22(30)28(21)16-10-9-11-17-29/h6-7,19-21,29H,2-3,5,8-18H2,1,4H3/t19-,20+,21?,25-,26?/m0/s1. The number of rotatable bonds is 14.